The summed E-state index contributed by atoms with van der Waals surface area (Å²) in [6.07, 6.45) is 0. The van der Waals surface area contributed by atoms with Gasteiger partial charge in [0.05, 0.1) is 11.4 Å². The molecule has 2 rings (SSSR count). The minimum absolute atomic E-state index is 0.221. The van der Waals surface area contributed by atoms with Crippen LogP contribution in [0.25, 0.3) is 5.69 Å². The van der Waals surface area contributed by atoms with Crippen molar-refractivity contribution in [3.63, 3.8) is 0 Å². The fraction of sp³-hybridized carbons (Fsp3) is 0.308. The highest BCUT2D eigenvalue weighted by Gasteiger charge is 2.12. The van der Waals surface area contributed by atoms with Crippen LogP contribution < -0.4 is 0 Å². The van der Waals surface area contributed by atoms with Crippen molar-refractivity contribution in [3.05, 3.63) is 46.5 Å². The highest BCUT2D eigenvalue weighted by Crippen LogP contribution is 2.22. The first-order valence-corrected chi connectivity index (χ1v) is 6.54. The van der Waals surface area contributed by atoms with E-state index in [1.165, 1.54) is 17.7 Å². The smallest absolute Gasteiger partial charge is 0.123 e. The molecule has 2 aromatic rings. The van der Waals surface area contributed by atoms with E-state index in [1.54, 1.807) is 6.07 Å². The standard InChI is InChI=1S/C13H14BrFN2/c1-8-9(2)16-17(10(8)3)13-5-4-12(15)6-11(13)7-14/h4-6H,7H2,1-3H3. The van der Waals surface area contributed by atoms with Gasteiger partial charge in [-0.05, 0) is 50.1 Å². The van der Waals surface area contributed by atoms with E-state index in [-0.39, 0.29) is 5.82 Å². The van der Waals surface area contributed by atoms with Gasteiger partial charge in [-0.15, -0.1) is 0 Å². The van der Waals surface area contributed by atoms with Gasteiger partial charge in [-0.25, -0.2) is 9.07 Å². The summed E-state index contributed by atoms with van der Waals surface area (Å²) in [7, 11) is 0. The zero-order chi connectivity index (χ0) is 12.6. The van der Waals surface area contributed by atoms with Crippen LogP contribution in [0.15, 0.2) is 18.2 Å². The topological polar surface area (TPSA) is 17.8 Å². The monoisotopic (exact) mass is 296 g/mol. The maximum Gasteiger partial charge on any atom is 0.123 e. The van der Waals surface area contributed by atoms with E-state index in [0.29, 0.717) is 5.33 Å². The molecule has 0 amide bonds. The van der Waals surface area contributed by atoms with Gasteiger partial charge in [-0.3, -0.25) is 0 Å². The molecular weight excluding hydrogens is 283 g/mol. The molecule has 0 aliphatic heterocycles. The molecule has 90 valence electrons. The number of rotatable bonds is 2. The fourth-order valence-electron chi connectivity index (χ4n) is 1.82. The molecule has 0 aliphatic rings. The van der Waals surface area contributed by atoms with E-state index in [1.807, 2.05) is 25.5 Å². The van der Waals surface area contributed by atoms with Crippen molar-refractivity contribution in [1.82, 2.24) is 9.78 Å². The molecule has 0 bridgehead atoms. The second-order valence-corrected chi connectivity index (χ2v) is 4.68. The lowest BCUT2D eigenvalue weighted by Gasteiger charge is -2.09. The number of aryl methyl sites for hydroxylation is 1. The van der Waals surface area contributed by atoms with E-state index in [9.17, 15) is 4.39 Å². The van der Waals surface area contributed by atoms with Crippen LogP contribution in [0, 0.1) is 26.6 Å². The minimum Gasteiger partial charge on any atom is -0.237 e. The normalized spacial score (nSPS) is 10.9. The maximum atomic E-state index is 13.2. The molecule has 0 saturated heterocycles. The number of hydrogen-bond acceptors (Lipinski definition) is 1. The Morgan fingerprint density at radius 2 is 2.00 bits per heavy atom. The average Bonchev–Trinajstić information content (AvgIpc) is 2.57. The van der Waals surface area contributed by atoms with Crippen LogP contribution in [0.5, 0.6) is 0 Å². The molecule has 4 heteroatoms. The third kappa shape index (κ3) is 2.14. The zero-order valence-corrected chi connectivity index (χ0v) is 11.7. The first kappa shape index (κ1) is 12.3. The highest BCUT2D eigenvalue weighted by atomic mass is 79.9. The van der Waals surface area contributed by atoms with Crippen LogP contribution in [0.1, 0.15) is 22.5 Å². The molecule has 1 aromatic heterocycles. The summed E-state index contributed by atoms with van der Waals surface area (Å²) < 4.78 is 15.1. The molecule has 0 radical (unpaired) electrons. The fourth-order valence-corrected chi connectivity index (χ4v) is 2.27. The van der Waals surface area contributed by atoms with Gasteiger partial charge in [0.15, 0.2) is 0 Å². The van der Waals surface area contributed by atoms with Gasteiger partial charge in [0.25, 0.3) is 0 Å². The second-order valence-electron chi connectivity index (χ2n) is 4.11. The lowest BCUT2D eigenvalue weighted by atomic mass is 10.2. The van der Waals surface area contributed by atoms with Crippen LogP contribution in [-0.4, -0.2) is 9.78 Å². The molecule has 0 fully saturated rings. The first-order valence-electron chi connectivity index (χ1n) is 5.42. The van der Waals surface area contributed by atoms with Crippen molar-refractivity contribution in [3.8, 4) is 5.69 Å². The zero-order valence-electron chi connectivity index (χ0n) is 10.1. The van der Waals surface area contributed by atoms with E-state index in [0.717, 1.165) is 22.6 Å². The predicted molar refractivity (Wildman–Crippen MR) is 70.4 cm³/mol. The number of halogens is 2. The molecule has 17 heavy (non-hydrogen) atoms. The number of nitrogens with zero attached hydrogens (tertiary/aromatic N) is 2. The maximum absolute atomic E-state index is 13.2. The Bertz CT molecular complexity index is 561. The van der Waals surface area contributed by atoms with Crippen molar-refractivity contribution in [1.29, 1.82) is 0 Å². The first-order chi connectivity index (χ1) is 8.04. The summed E-state index contributed by atoms with van der Waals surface area (Å²) in [5.74, 6) is -0.221. The number of benzene rings is 1. The third-order valence-corrected chi connectivity index (χ3v) is 3.67. The van der Waals surface area contributed by atoms with E-state index in [2.05, 4.69) is 21.0 Å². The van der Waals surface area contributed by atoms with Gasteiger partial charge in [0.1, 0.15) is 5.82 Å². The van der Waals surface area contributed by atoms with Crippen molar-refractivity contribution < 1.29 is 4.39 Å². The van der Waals surface area contributed by atoms with Crippen molar-refractivity contribution in [2.45, 2.75) is 26.1 Å². The molecule has 0 atom stereocenters. The Morgan fingerprint density at radius 1 is 1.29 bits per heavy atom. The van der Waals surface area contributed by atoms with Gasteiger partial charge in [-0.2, -0.15) is 5.10 Å². The lowest BCUT2D eigenvalue weighted by Crippen LogP contribution is -2.03. The third-order valence-electron chi connectivity index (χ3n) is 3.07. The van der Waals surface area contributed by atoms with Crippen LogP contribution >= 0.6 is 15.9 Å². The Labute approximate surface area is 109 Å². The number of alkyl halides is 1. The molecule has 0 unspecified atom stereocenters. The van der Waals surface area contributed by atoms with Crippen molar-refractivity contribution in [2.24, 2.45) is 0 Å². The second kappa shape index (κ2) is 4.61. The van der Waals surface area contributed by atoms with E-state index >= 15 is 0 Å². The molecule has 2 nitrogen and oxygen atoms in total. The minimum atomic E-state index is -0.221. The van der Waals surface area contributed by atoms with Crippen LogP contribution in [0.4, 0.5) is 4.39 Å². The van der Waals surface area contributed by atoms with Gasteiger partial charge >= 0.3 is 0 Å². The van der Waals surface area contributed by atoms with Gasteiger partial charge < -0.3 is 0 Å². The lowest BCUT2D eigenvalue weighted by molar-refractivity contribution is 0.625. The summed E-state index contributed by atoms with van der Waals surface area (Å²) in [6, 6.07) is 4.77. The van der Waals surface area contributed by atoms with Gasteiger partial charge in [-0.1, -0.05) is 15.9 Å². The van der Waals surface area contributed by atoms with Gasteiger partial charge in [0.2, 0.25) is 0 Å². The average molecular weight is 297 g/mol. The summed E-state index contributed by atoms with van der Waals surface area (Å²) in [5, 5.41) is 5.10. The van der Waals surface area contributed by atoms with Crippen LogP contribution in [0.3, 0.4) is 0 Å². The predicted octanol–water partition coefficient (Wildman–Crippen LogP) is 3.83. The Kier molecular flexibility index (Phi) is 3.33. The summed E-state index contributed by atoms with van der Waals surface area (Å²) >= 11 is 3.38. The van der Waals surface area contributed by atoms with Crippen molar-refractivity contribution >= 4 is 15.9 Å². The highest BCUT2D eigenvalue weighted by molar-refractivity contribution is 9.08. The number of aromatic nitrogens is 2. The number of hydrogen-bond donors (Lipinski definition) is 0. The Hall–Kier alpha value is -1.16. The molecule has 0 aliphatic carbocycles. The molecule has 1 heterocycles. The molecule has 0 N–H and O–H groups in total. The largest absolute Gasteiger partial charge is 0.237 e. The quantitative estimate of drug-likeness (QED) is 0.770. The Morgan fingerprint density at radius 3 is 2.53 bits per heavy atom. The van der Waals surface area contributed by atoms with Gasteiger partial charge in [0, 0.05) is 11.0 Å². The van der Waals surface area contributed by atoms with E-state index in [4.69, 9.17) is 0 Å². The summed E-state index contributed by atoms with van der Waals surface area (Å²) in [4.78, 5) is 0. The molecular formula is C13H14BrFN2. The Balaban J connectivity index is 2.64. The molecule has 1 aromatic carbocycles. The van der Waals surface area contributed by atoms with Crippen LogP contribution in [0.2, 0.25) is 0 Å². The molecule has 0 saturated carbocycles. The molecule has 0 spiro atoms. The van der Waals surface area contributed by atoms with Crippen molar-refractivity contribution in [2.75, 3.05) is 0 Å². The SMILES string of the molecule is Cc1nn(-c2ccc(F)cc2CBr)c(C)c1C. The van der Waals surface area contributed by atoms with E-state index < -0.39 is 0 Å². The summed E-state index contributed by atoms with van der Waals surface area (Å²) in [5.41, 5.74) is 5.10. The van der Waals surface area contributed by atoms with Crippen LogP contribution in [-0.2, 0) is 5.33 Å². The summed E-state index contributed by atoms with van der Waals surface area (Å²) in [6.45, 7) is 6.05.